The van der Waals surface area contributed by atoms with Crippen molar-refractivity contribution in [3.63, 3.8) is 0 Å². The third kappa shape index (κ3) is 61.6. The molecular weight excluding hydrogens is 1160 g/mol. The number of unbranched alkanes of at least 4 members (excludes halogenated alkanes) is 31. The second-order valence-corrected chi connectivity index (χ2v) is 29.5. The zero-order chi connectivity index (χ0) is 65.4. The number of aliphatic hydroxyl groups is 1. The van der Waals surface area contributed by atoms with E-state index in [2.05, 4.69) is 55.4 Å². The summed E-state index contributed by atoms with van der Waals surface area (Å²) in [5.74, 6) is 0.795. The van der Waals surface area contributed by atoms with Gasteiger partial charge in [-0.05, 0) is 49.4 Å². The second-order valence-electron chi connectivity index (χ2n) is 26.6. The van der Waals surface area contributed by atoms with E-state index in [0.717, 1.165) is 115 Å². The molecule has 88 heavy (non-hydrogen) atoms. The van der Waals surface area contributed by atoms with E-state index in [9.17, 15) is 43.2 Å². The van der Waals surface area contributed by atoms with Crippen molar-refractivity contribution in [2.75, 3.05) is 39.6 Å². The largest absolute Gasteiger partial charge is 0.472 e. The molecule has 0 fully saturated rings. The maximum Gasteiger partial charge on any atom is 0.472 e. The molecule has 0 radical (unpaired) electrons. The van der Waals surface area contributed by atoms with Gasteiger partial charge in [0.05, 0.1) is 26.4 Å². The Bertz CT molecular complexity index is 1750. The molecule has 3 unspecified atom stereocenters. The molecule has 3 N–H and O–H groups in total. The van der Waals surface area contributed by atoms with Gasteiger partial charge in [0.1, 0.15) is 19.3 Å². The molecule has 0 saturated heterocycles. The maximum atomic E-state index is 13.0. The third-order valence-corrected chi connectivity index (χ3v) is 18.1. The smallest absolute Gasteiger partial charge is 0.462 e. The van der Waals surface area contributed by atoms with Crippen LogP contribution in [0.1, 0.15) is 338 Å². The van der Waals surface area contributed by atoms with E-state index in [1.165, 1.54) is 128 Å². The highest BCUT2D eigenvalue weighted by molar-refractivity contribution is 7.47. The average molecular weight is 1300 g/mol. The highest BCUT2D eigenvalue weighted by Gasteiger charge is 2.30. The van der Waals surface area contributed by atoms with E-state index in [-0.39, 0.29) is 25.7 Å². The summed E-state index contributed by atoms with van der Waals surface area (Å²) in [6.45, 7) is 14.0. The van der Waals surface area contributed by atoms with Crippen molar-refractivity contribution in [3.8, 4) is 0 Å². The van der Waals surface area contributed by atoms with Gasteiger partial charge in [-0.15, -0.1) is 0 Å². The van der Waals surface area contributed by atoms with Crippen molar-refractivity contribution in [1.82, 2.24) is 0 Å². The Labute approximate surface area is 537 Å². The molecule has 0 aromatic rings. The molecule has 0 amide bonds. The molecule has 19 heteroatoms. The number of phosphoric ester groups is 2. The van der Waals surface area contributed by atoms with E-state index < -0.39 is 97.5 Å². The fourth-order valence-electron chi connectivity index (χ4n) is 10.3. The highest BCUT2D eigenvalue weighted by Crippen LogP contribution is 2.45. The number of phosphoric acid groups is 2. The van der Waals surface area contributed by atoms with Crippen LogP contribution in [0.3, 0.4) is 0 Å². The Hall–Kier alpha value is -1.94. The lowest BCUT2D eigenvalue weighted by Crippen LogP contribution is -2.30. The monoisotopic (exact) mass is 1300 g/mol. The number of carbonyl (C=O) groups is 4. The van der Waals surface area contributed by atoms with Crippen LogP contribution in [0.15, 0.2) is 0 Å². The second kappa shape index (κ2) is 58.8. The highest BCUT2D eigenvalue weighted by atomic mass is 31.2. The van der Waals surface area contributed by atoms with Gasteiger partial charge in [-0.3, -0.25) is 37.3 Å². The van der Waals surface area contributed by atoms with Gasteiger partial charge in [0.25, 0.3) is 0 Å². The summed E-state index contributed by atoms with van der Waals surface area (Å²) in [5, 5.41) is 10.6. The minimum atomic E-state index is -4.95. The Morgan fingerprint density at radius 2 is 0.545 bits per heavy atom. The molecule has 0 heterocycles. The summed E-state index contributed by atoms with van der Waals surface area (Å²) in [7, 11) is -9.90. The molecule has 0 aliphatic heterocycles. The first kappa shape index (κ1) is 86.1. The number of carbonyl (C=O) groups excluding carboxylic acids is 4. The van der Waals surface area contributed by atoms with Crippen molar-refractivity contribution in [1.29, 1.82) is 0 Å². The molecule has 17 nitrogen and oxygen atoms in total. The third-order valence-electron chi connectivity index (χ3n) is 16.2. The van der Waals surface area contributed by atoms with Crippen LogP contribution in [0.25, 0.3) is 0 Å². The summed E-state index contributed by atoms with van der Waals surface area (Å²) >= 11 is 0. The SMILES string of the molecule is CCC(C)CCCCCCCCCCC(=O)O[C@H](COC(=O)CCCCCCCCC(C)C)COP(=O)(O)OC[C@H](O)COP(=O)(O)OC[C@@H](COC(=O)CCCCCCCCC(C)C)OC(=O)CCCCCCCCCCCCCCCCCC(C)C. The Kier molecular flexibility index (Phi) is 57.6. The van der Waals surface area contributed by atoms with Crippen LogP contribution in [0.2, 0.25) is 0 Å². The number of rotatable bonds is 66. The lowest BCUT2D eigenvalue weighted by Gasteiger charge is -2.21. The van der Waals surface area contributed by atoms with Gasteiger partial charge in [0.2, 0.25) is 0 Å². The average Bonchev–Trinajstić information content (AvgIpc) is 3.62. The number of aliphatic hydroxyl groups excluding tert-OH is 1. The predicted octanol–water partition coefficient (Wildman–Crippen LogP) is 19.3. The molecule has 0 rings (SSSR count). The van der Waals surface area contributed by atoms with Crippen LogP contribution >= 0.6 is 15.6 Å². The molecule has 0 aromatic carbocycles. The molecule has 0 saturated carbocycles. The first-order valence-corrected chi connectivity index (χ1v) is 38.7. The molecule has 6 atom stereocenters. The summed E-state index contributed by atoms with van der Waals surface area (Å²) in [6.07, 6.45) is 40.6. The molecule has 0 aliphatic rings. The van der Waals surface area contributed by atoms with Gasteiger partial charge in [-0.25, -0.2) is 9.13 Å². The Morgan fingerprint density at radius 3 is 0.807 bits per heavy atom. The molecular formula is C69H134O17P2. The Balaban J connectivity index is 5.20. The van der Waals surface area contributed by atoms with Gasteiger partial charge in [0, 0.05) is 25.7 Å². The Morgan fingerprint density at radius 1 is 0.318 bits per heavy atom. The lowest BCUT2D eigenvalue weighted by molar-refractivity contribution is -0.161. The lowest BCUT2D eigenvalue weighted by atomic mass is 9.99. The van der Waals surface area contributed by atoms with E-state index >= 15 is 0 Å². The summed E-state index contributed by atoms with van der Waals surface area (Å²) in [4.78, 5) is 72.4. The van der Waals surface area contributed by atoms with Gasteiger partial charge in [0.15, 0.2) is 12.2 Å². The zero-order valence-electron chi connectivity index (χ0n) is 57.3. The molecule has 522 valence electrons. The quantitative estimate of drug-likeness (QED) is 0.0222. The zero-order valence-corrected chi connectivity index (χ0v) is 59.1. The van der Waals surface area contributed by atoms with Crippen molar-refractivity contribution >= 4 is 39.5 Å². The maximum absolute atomic E-state index is 13.0. The summed E-state index contributed by atoms with van der Waals surface area (Å²) in [5.41, 5.74) is 0. The number of ether oxygens (including phenoxy) is 4. The van der Waals surface area contributed by atoms with E-state index in [1.807, 2.05) is 0 Å². The van der Waals surface area contributed by atoms with Crippen LogP contribution in [-0.4, -0.2) is 96.7 Å². The molecule has 0 spiro atoms. The minimum Gasteiger partial charge on any atom is -0.462 e. The van der Waals surface area contributed by atoms with Crippen LogP contribution < -0.4 is 0 Å². The molecule has 0 aromatic heterocycles. The standard InChI is InChI=1S/C69H134O17P2/c1-9-62(8)48-40-32-22-19-20-24-36-44-52-69(74)86-65(56-80-67(72)50-42-34-28-26-31-39-47-61(6)7)58-84-88(77,78)82-54-63(70)53-81-87(75,76)83-57-64(55-79-66(71)49-41-33-27-25-30-38-46-60(4)5)85-68(73)51-43-35-23-18-16-14-12-10-11-13-15-17-21-29-37-45-59(2)3/h59-65,70H,9-58H2,1-8H3,(H,75,76)(H,77,78)/t62?,63-,64-,65-/m1/s1. The van der Waals surface area contributed by atoms with Crippen molar-refractivity contribution in [3.05, 3.63) is 0 Å². The molecule has 0 aliphatic carbocycles. The normalized spacial score (nSPS) is 14.6. The number of hydrogen-bond acceptors (Lipinski definition) is 15. The van der Waals surface area contributed by atoms with Crippen LogP contribution in [0.4, 0.5) is 0 Å². The fraction of sp³-hybridized carbons (Fsp3) is 0.942. The van der Waals surface area contributed by atoms with Crippen molar-refractivity contribution < 1.29 is 80.2 Å². The summed E-state index contributed by atoms with van der Waals surface area (Å²) in [6, 6.07) is 0. The number of hydrogen-bond donors (Lipinski definition) is 3. The first-order valence-electron chi connectivity index (χ1n) is 35.7. The van der Waals surface area contributed by atoms with Crippen LogP contribution in [0, 0.1) is 23.7 Å². The predicted molar refractivity (Wildman–Crippen MR) is 354 cm³/mol. The van der Waals surface area contributed by atoms with Gasteiger partial charge >= 0.3 is 39.5 Å². The van der Waals surface area contributed by atoms with E-state index in [0.29, 0.717) is 37.5 Å². The fourth-order valence-corrected chi connectivity index (χ4v) is 11.9. The van der Waals surface area contributed by atoms with Crippen LogP contribution in [0.5, 0.6) is 0 Å². The molecule has 0 bridgehead atoms. The minimum absolute atomic E-state index is 0.103. The number of esters is 4. The first-order chi connectivity index (χ1) is 42.1. The van der Waals surface area contributed by atoms with E-state index in [1.54, 1.807) is 0 Å². The van der Waals surface area contributed by atoms with Gasteiger partial charge in [-0.1, -0.05) is 287 Å². The van der Waals surface area contributed by atoms with Crippen molar-refractivity contribution in [2.24, 2.45) is 23.7 Å². The van der Waals surface area contributed by atoms with Crippen LogP contribution in [-0.2, 0) is 65.4 Å². The van der Waals surface area contributed by atoms with Gasteiger partial charge < -0.3 is 33.8 Å². The van der Waals surface area contributed by atoms with Crippen molar-refractivity contribution in [2.45, 2.75) is 356 Å². The summed E-state index contributed by atoms with van der Waals surface area (Å²) < 4.78 is 68.2. The van der Waals surface area contributed by atoms with E-state index in [4.69, 9.17) is 37.0 Å². The topological polar surface area (TPSA) is 237 Å². The van der Waals surface area contributed by atoms with Gasteiger partial charge in [-0.2, -0.15) is 0 Å².